The van der Waals surface area contributed by atoms with Crippen molar-refractivity contribution in [2.75, 3.05) is 13.2 Å². The number of hydrogen-bond acceptors (Lipinski definition) is 4. The van der Waals surface area contributed by atoms with Crippen LogP contribution in [0.1, 0.15) is 5.56 Å². The zero-order valence-corrected chi connectivity index (χ0v) is 16.8. The van der Waals surface area contributed by atoms with Crippen LogP contribution in [0.5, 0.6) is 11.5 Å². The van der Waals surface area contributed by atoms with Crippen molar-refractivity contribution in [2.45, 2.75) is 6.92 Å². The van der Waals surface area contributed by atoms with Crippen molar-refractivity contribution < 1.29 is 19.1 Å². The summed E-state index contributed by atoms with van der Waals surface area (Å²) in [6.07, 6.45) is 0. The van der Waals surface area contributed by atoms with Crippen LogP contribution in [0.4, 0.5) is 0 Å². The van der Waals surface area contributed by atoms with Gasteiger partial charge < -0.3 is 9.47 Å². The molecule has 3 rings (SSSR count). The monoisotopic (exact) mass is 442 g/mol. The van der Waals surface area contributed by atoms with E-state index in [4.69, 9.17) is 9.47 Å². The normalized spacial score (nSPS) is 10.4. The minimum absolute atomic E-state index is 0.214. The lowest BCUT2D eigenvalue weighted by Gasteiger charge is -2.11. The number of ether oxygens (including phenoxy) is 2. The van der Waals surface area contributed by atoms with E-state index in [1.54, 1.807) is 12.1 Å². The summed E-state index contributed by atoms with van der Waals surface area (Å²) in [6.45, 7) is 1.45. The van der Waals surface area contributed by atoms with Crippen LogP contribution < -0.4 is 20.3 Å². The van der Waals surface area contributed by atoms with E-state index in [9.17, 15) is 9.59 Å². The van der Waals surface area contributed by atoms with Gasteiger partial charge in [0.25, 0.3) is 11.8 Å². The molecule has 28 heavy (non-hydrogen) atoms. The Morgan fingerprint density at radius 1 is 0.857 bits per heavy atom. The van der Waals surface area contributed by atoms with Crippen LogP contribution in [0.25, 0.3) is 10.8 Å². The Bertz CT molecular complexity index is 1010. The highest BCUT2D eigenvalue weighted by molar-refractivity contribution is 9.10. The van der Waals surface area contributed by atoms with Crippen LogP contribution in [0.3, 0.4) is 0 Å². The first-order chi connectivity index (χ1) is 13.5. The molecule has 0 radical (unpaired) electrons. The van der Waals surface area contributed by atoms with Gasteiger partial charge in [-0.3, -0.25) is 20.4 Å². The lowest BCUT2D eigenvalue weighted by molar-refractivity contribution is -0.131. The van der Waals surface area contributed by atoms with Gasteiger partial charge in [0.15, 0.2) is 13.2 Å². The van der Waals surface area contributed by atoms with Gasteiger partial charge >= 0.3 is 0 Å². The van der Waals surface area contributed by atoms with Gasteiger partial charge in [-0.05, 0) is 53.6 Å². The van der Waals surface area contributed by atoms with Crippen molar-refractivity contribution in [2.24, 2.45) is 0 Å². The smallest absolute Gasteiger partial charge is 0.276 e. The Morgan fingerprint density at radius 3 is 2.25 bits per heavy atom. The van der Waals surface area contributed by atoms with E-state index in [1.165, 1.54) is 0 Å². The van der Waals surface area contributed by atoms with Gasteiger partial charge in [0.2, 0.25) is 0 Å². The Hall–Kier alpha value is -3.06. The van der Waals surface area contributed by atoms with Crippen LogP contribution in [-0.4, -0.2) is 25.0 Å². The van der Waals surface area contributed by atoms with Crippen LogP contribution >= 0.6 is 15.9 Å². The highest BCUT2D eigenvalue weighted by Gasteiger charge is 2.08. The summed E-state index contributed by atoms with van der Waals surface area (Å²) in [5, 5.41) is 2.11. The number of hydrogen-bond donors (Lipinski definition) is 2. The molecule has 0 aromatic heterocycles. The molecule has 144 valence electrons. The van der Waals surface area contributed by atoms with Crippen LogP contribution in [0.15, 0.2) is 65.1 Å². The highest BCUT2D eigenvalue weighted by Crippen LogP contribution is 2.22. The summed E-state index contributed by atoms with van der Waals surface area (Å²) in [7, 11) is 0. The maximum Gasteiger partial charge on any atom is 0.276 e. The molecule has 0 aliphatic heterocycles. The predicted molar refractivity (Wildman–Crippen MR) is 110 cm³/mol. The number of hydrazine groups is 1. The van der Waals surface area contributed by atoms with Crippen LogP contribution in [0, 0.1) is 6.92 Å². The topological polar surface area (TPSA) is 76.7 Å². The molecule has 2 N–H and O–H groups in total. The first-order valence-corrected chi connectivity index (χ1v) is 9.39. The zero-order chi connectivity index (χ0) is 19.9. The molecule has 0 unspecified atom stereocenters. The van der Waals surface area contributed by atoms with Crippen LogP contribution in [0.2, 0.25) is 0 Å². The van der Waals surface area contributed by atoms with Gasteiger partial charge in [0.1, 0.15) is 11.5 Å². The zero-order valence-electron chi connectivity index (χ0n) is 15.2. The van der Waals surface area contributed by atoms with Gasteiger partial charge in [0.05, 0.1) is 0 Å². The quantitative estimate of drug-likeness (QED) is 0.572. The molecule has 2 amide bonds. The fourth-order valence-corrected chi connectivity index (χ4v) is 3.01. The van der Waals surface area contributed by atoms with Crippen molar-refractivity contribution in [3.05, 3.63) is 70.7 Å². The lowest BCUT2D eigenvalue weighted by Crippen LogP contribution is -2.45. The summed E-state index contributed by atoms with van der Waals surface area (Å²) in [5.41, 5.74) is 5.49. The third kappa shape index (κ3) is 5.47. The summed E-state index contributed by atoms with van der Waals surface area (Å²) < 4.78 is 11.8. The second-order valence-electron chi connectivity index (χ2n) is 6.09. The average Bonchev–Trinajstić information content (AvgIpc) is 2.70. The molecule has 0 atom stereocenters. The van der Waals surface area contributed by atoms with Crippen LogP contribution in [-0.2, 0) is 9.59 Å². The standard InChI is InChI=1S/C21H19BrN2O4/c1-14-10-17(22)7-9-19(14)28-13-21(26)24-23-20(25)12-27-18-8-6-15-4-2-3-5-16(15)11-18/h2-11H,12-13H2,1H3,(H,23,25)(H,24,26). The first kappa shape index (κ1) is 19.7. The summed E-state index contributed by atoms with van der Waals surface area (Å²) in [5.74, 6) is 0.237. The summed E-state index contributed by atoms with van der Waals surface area (Å²) in [6, 6.07) is 18.9. The first-order valence-electron chi connectivity index (χ1n) is 8.59. The van der Waals surface area contributed by atoms with Crippen molar-refractivity contribution in [3.63, 3.8) is 0 Å². The number of benzene rings is 3. The van der Waals surface area contributed by atoms with Crippen molar-refractivity contribution >= 4 is 38.5 Å². The number of amides is 2. The van der Waals surface area contributed by atoms with E-state index >= 15 is 0 Å². The fourth-order valence-electron chi connectivity index (χ4n) is 2.54. The van der Waals surface area contributed by atoms with Gasteiger partial charge in [-0.25, -0.2) is 0 Å². The third-order valence-electron chi connectivity index (χ3n) is 3.93. The number of fused-ring (bicyclic) bond motifs is 1. The molecule has 3 aromatic carbocycles. The molecule has 0 bridgehead atoms. The molecule has 0 saturated carbocycles. The molecular weight excluding hydrogens is 424 g/mol. The van der Waals surface area contributed by atoms with E-state index in [-0.39, 0.29) is 13.2 Å². The molecule has 6 nitrogen and oxygen atoms in total. The maximum absolute atomic E-state index is 11.9. The number of rotatable bonds is 6. The van der Waals surface area contributed by atoms with E-state index in [0.29, 0.717) is 11.5 Å². The number of halogens is 1. The molecule has 3 aromatic rings. The summed E-state index contributed by atoms with van der Waals surface area (Å²) >= 11 is 3.37. The molecule has 0 fully saturated rings. The number of nitrogens with one attached hydrogen (secondary N) is 2. The second kappa shape index (κ2) is 9.23. The Morgan fingerprint density at radius 2 is 1.54 bits per heavy atom. The number of carbonyl (C=O) groups is 2. The molecule has 0 heterocycles. The molecular formula is C21H19BrN2O4. The molecule has 0 saturated heterocycles. The van der Waals surface area contributed by atoms with Gasteiger partial charge in [-0.1, -0.05) is 46.3 Å². The second-order valence-corrected chi connectivity index (χ2v) is 7.01. The molecule has 7 heteroatoms. The molecule has 0 aliphatic rings. The van der Waals surface area contributed by atoms with Gasteiger partial charge in [-0.2, -0.15) is 0 Å². The Labute approximate surface area is 170 Å². The van der Waals surface area contributed by atoms with Crippen molar-refractivity contribution in [3.8, 4) is 11.5 Å². The van der Waals surface area contributed by atoms with Crippen molar-refractivity contribution in [1.29, 1.82) is 0 Å². The van der Waals surface area contributed by atoms with E-state index in [2.05, 4.69) is 26.8 Å². The lowest BCUT2D eigenvalue weighted by atomic mass is 10.1. The number of carbonyl (C=O) groups excluding carboxylic acids is 2. The minimum Gasteiger partial charge on any atom is -0.484 e. The summed E-state index contributed by atoms with van der Waals surface area (Å²) in [4.78, 5) is 23.7. The number of aryl methyl sites for hydroxylation is 1. The Kier molecular flexibility index (Phi) is 6.49. The van der Waals surface area contributed by atoms with Crippen molar-refractivity contribution in [1.82, 2.24) is 10.9 Å². The maximum atomic E-state index is 11.9. The fraction of sp³-hybridized carbons (Fsp3) is 0.143. The highest BCUT2D eigenvalue weighted by atomic mass is 79.9. The molecule has 0 aliphatic carbocycles. The SMILES string of the molecule is Cc1cc(Br)ccc1OCC(=O)NNC(=O)COc1ccc2ccccc2c1. The van der Waals surface area contributed by atoms with E-state index in [0.717, 1.165) is 20.8 Å². The largest absolute Gasteiger partial charge is 0.484 e. The predicted octanol–water partition coefficient (Wildman–Crippen LogP) is 3.52. The Balaban J connectivity index is 1.41. The van der Waals surface area contributed by atoms with E-state index < -0.39 is 11.8 Å². The van der Waals surface area contributed by atoms with Gasteiger partial charge in [0, 0.05) is 4.47 Å². The van der Waals surface area contributed by atoms with Gasteiger partial charge in [-0.15, -0.1) is 0 Å². The third-order valence-corrected chi connectivity index (χ3v) is 4.42. The molecule has 0 spiro atoms. The minimum atomic E-state index is -0.471. The average molecular weight is 443 g/mol. The van der Waals surface area contributed by atoms with E-state index in [1.807, 2.05) is 55.5 Å².